The summed E-state index contributed by atoms with van der Waals surface area (Å²) in [4.78, 5) is 20.3. The molecule has 0 amide bonds. The maximum atomic E-state index is 13.8. The first-order chi connectivity index (χ1) is 19.5. The molecule has 1 aromatic heterocycles. The van der Waals surface area contributed by atoms with Crippen LogP contribution in [0.4, 0.5) is 0 Å². The maximum absolute atomic E-state index is 13.8. The highest BCUT2D eigenvalue weighted by molar-refractivity contribution is 6.00. The summed E-state index contributed by atoms with van der Waals surface area (Å²) < 4.78 is 5.25. The van der Waals surface area contributed by atoms with Crippen LogP contribution >= 0.6 is 0 Å². The molecule has 0 saturated heterocycles. The lowest BCUT2D eigenvalue weighted by atomic mass is 9.39. The summed E-state index contributed by atoms with van der Waals surface area (Å²) in [6.45, 7) is 10.6. The Kier molecular flexibility index (Phi) is 7.42. The number of hydrogen-bond acceptors (Lipinski definition) is 4. The minimum absolute atomic E-state index is 0.0329. The zero-order chi connectivity index (χ0) is 29.2. The number of rotatable bonds is 6. The van der Waals surface area contributed by atoms with E-state index in [0.29, 0.717) is 52.1 Å². The van der Waals surface area contributed by atoms with E-state index in [4.69, 9.17) is 10.1 Å². The molecule has 6 rings (SSSR count). The molecule has 7 unspecified atom stereocenters. The van der Waals surface area contributed by atoms with E-state index >= 15 is 0 Å². The summed E-state index contributed by atoms with van der Waals surface area (Å²) in [5.74, 6) is 4.88. The Morgan fingerprint density at radius 2 is 1.88 bits per heavy atom. The van der Waals surface area contributed by atoms with Crippen molar-refractivity contribution in [3.63, 3.8) is 0 Å². The fourth-order valence-corrected chi connectivity index (χ4v) is 11.3. The van der Waals surface area contributed by atoms with Crippen molar-refractivity contribution in [1.82, 2.24) is 9.88 Å². The molecule has 1 N–H and O–H groups in total. The number of amidine groups is 1. The fourth-order valence-electron chi connectivity index (χ4n) is 11.3. The first-order valence-corrected chi connectivity index (χ1v) is 16.6. The molecule has 1 aromatic rings. The zero-order valence-electron chi connectivity index (χ0n) is 26.5. The molecule has 0 radical (unpaired) electrons. The molecule has 4 saturated carbocycles. The summed E-state index contributed by atoms with van der Waals surface area (Å²) in [5.41, 5.74) is 4.31. The number of carbonyl (C=O) groups is 1. The van der Waals surface area contributed by atoms with Crippen LogP contribution in [0.15, 0.2) is 29.5 Å². The standard InChI is InChI=1S/C36H53N3O2/c1-23(2)31-29(40)21-36(19-20-39(5)33(37)28-12-10-25(41-6)22-38-28)18-15-27-26(32(31)36)11-13-30-34(3)16-8-7-9-24(34)14-17-35(27,30)4/h10,12,22-24,26-27,30,37H,7-9,11,13-21H2,1-6H3. The smallest absolute Gasteiger partial charge is 0.159 e. The largest absolute Gasteiger partial charge is 0.495 e. The van der Waals surface area contributed by atoms with Gasteiger partial charge in [0, 0.05) is 25.4 Å². The zero-order valence-corrected chi connectivity index (χ0v) is 26.5. The van der Waals surface area contributed by atoms with Crippen LogP contribution in [0.25, 0.3) is 0 Å². The number of nitrogens with one attached hydrogen (secondary N) is 1. The first-order valence-electron chi connectivity index (χ1n) is 16.6. The van der Waals surface area contributed by atoms with Crippen LogP contribution in [-0.2, 0) is 4.79 Å². The number of ether oxygens (including phenoxy) is 1. The van der Waals surface area contributed by atoms with Crippen LogP contribution in [-0.4, -0.2) is 42.2 Å². The fraction of sp³-hybridized carbons (Fsp3) is 0.750. The molecule has 4 fully saturated rings. The van der Waals surface area contributed by atoms with Crippen molar-refractivity contribution in [1.29, 1.82) is 5.41 Å². The van der Waals surface area contributed by atoms with Crippen LogP contribution in [0.1, 0.15) is 110 Å². The van der Waals surface area contributed by atoms with Crippen LogP contribution in [0.2, 0.25) is 0 Å². The number of fused-ring (bicyclic) bond motifs is 7. The molecule has 224 valence electrons. The van der Waals surface area contributed by atoms with Crippen LogP contribution in [0.5, 0.6) is 5.75 Å². The third-order valence-electron chi connectivity index (χ3n) is 13.2. The van der Waals surface area contributed by atoms with Crippen molar-refractivity contribution >= 4 is 11.6 Å². The quantitative estimate of drug-likeness (QED) is 0.283. The van der Waals surface area contributed by atoms with E-state index in [1.165, 1.54) is 63.4 Å². The normalized spacial score (nSPS) is 38.2. The highest BCUT2D eigenvalue weighted by Gasteiger charge is 2.63. The Bertz CT molecular complexity index is 1220. The number of Topliss-reactive ketones (excluding diaryl/α,β-unsaturated/α-hetero) is 1. The van der Waals surface area contributed by atoms with E-state index in [9.17, 15) is 4.79 Å². The number of hydrogen-bond donors (Lipinski definition) is 1. The van der Waals surface area contributed by atoms with Crippen LogP contribution in [0, 0.1) is 51.2 Å². The van der Waals surface area contributed by atoms with E-state index in [1.807, 2.05) is 24.1 Å². The average molecular weight is 560 g/mol. The predicted molar refractivity (Wildman–Crippen MR) is 165 cm³/mol. The lowest BCUT2D eigenvalue weighted by molar-refractivity contribution is -0.151. The Morgan fingerprint density at radius 1 is 1.07 bits per heavy atom. The Morgan fingerprint density at radius 3 is 2.59 bits per heavy atom. The van der Waals surface area contributed by atoms with Gasteiger partial charge in [-0.1, -0.05) is 46.1 Å². The second kappa shape index (κ2) is 10.5. The van der Waals surface area contributed by atoms with Gasteiger partial charge in [-0.2, -0.15) is 0 Å². The summed E-state index contributed by atoms with van der Waals surface area (Å²) in [6, 6.07) is 3.73. The Hall–Kier alpha value is -2.17. The molecule has 5 heteroatoms. The number of ketones is 1. The second-order valence-corrected chi connectivity index (χ2v) is 15.3. The van der Waals surface area contributed by atoms with E-state index < -0.39 is 0 Å². The van der Waals surface area contributed by atoms with Crippen molar-refractivity contribution in [2.75, 3.05) is 20.7 Å². The van der Waals surface area contributed by atoms with Gasteiger partial charge >= 0.3 is 0 Å². The minimum atomic E-state index is -0.0329. The molecule has 0 aromatic carbocycles. The number of aromatic nitrogens is 1. The molecule has 0 aliphatic heterocycles. The van der Waals surface area contributed by atoms with Gasteiger partial charge in [-0.25, -0.2) is 4.98 Å². The van der Waals surface area contributed by atoms with Gasteiger partial charge in [-0.15, -0.1) is 0 Å². The van der Waals surface area contributed by atoms with Crippen LogP contribution < -0.4 is 4.74 Å². The summed E-state index contributed by atoms with van der Waals surface area (Å²) >= 11 is 0. The monoisotopic (exact) mass is 559 g/mol. The molecular formula is C36H53N3O2. The van der Waals surface area contributed by atoms with Crippen molar-refractivity contribution in [3.8, 4) is 5.75 Å². The number of carbonyl (C=O) groups excluding carboxylic acids is 1. The predicted octanol–water partition coefficient (Wildman–Crippen LogP) is 8.08. The summed E-state index contributed by atoms with van der Waals surface area (Å²) in [7, 11) is 3.64. The topological polar surface area (TPSA) is 66.3 Å². The van der Waals surface area contributed by atoms with Gasteiger partial charge in [0.05, 0.1) is 13.3 Å². The van der Waals surface area contributed by atoms with Gasteiger partial charge in [0.25, 0.3) is 0 Å². The summed E-state index contributed by atoms with van der Waals surface area (Å²) in [5, 5.41) is 8.82. The molecular weight excluding hydrogens is 506 g/mol. The number of allylic oxidation sites excluding steroid dienone is 2. The molecule has 0 spiro atoms. The molecule has 1 heterocycles. The van der Waals surface area contributed by atoms with Gasteiger partial charge in [0.1, 0.15) is 17.3 Å². The second-order valence-electron chi connectivity index (χ2n) is 15.3. The molecule has 7 atom stereocenters. The lowest BCUT2D eigenvalue weighted by Crippen LogP contribution is -2.58. The summed E-state index contributed by atoms with van der Waals surface area (Å²) in [6.07, 6.45) is 16.9. The minimum Gasteiger partial charge on any atom is -0.495 e. The van der Waals surface area contributed by atoms with Crippen molar-refractivity contribution in [3.05, 3.63) is 35.2 Å². The third-order valence-corrected chi connectivity index (χ3v) is 13.2. The maximum Gasteiger partial charge on any atom is 0.159 e. The van der Waals surface area contributed by atoms with Gasteiger partial charge < -0.3 is 9.64 Å². The molecule has 0 bridgehead atoms. The Labute approximate surface area is 248 Å². The average Bonchev–Trinajstić information content (AvgIpc) is 3.27. The van der Waals surface area contributed by atoms with Crippen LogP contribution in [0.3, 0.4) is 0 Å². The SMILES string of the molecule is COc1ccc(C(=N)N(C)CCC23CCC4C(CCC5C6(C)CCCCC6CCC45C)C2=C(C(C)C)C(=O)C3)nc1. The first kappa shape index (κ1) is 28.9. The van der Waals surface area contributed by atoms with E-state index in [1.54, 1.807) is 18.9 Å². The Balaban J connectivity index is 1.27. The van der Waals surface area contributed by atoms with Gasteiger partial charge in [0.15, 0.2) is 5.78 Å². The van der Waals surface area contributed by atoms with E-state index in [-0.39, 0.29) is 11.3 Å². The van der Waals surface area contributed by atoms with Gasteiger partial charge in [-0.05, 0) is 116 Å². The van der Waals surface area contributed by atoms with Gasteiger partial charge in [-0.3, -0.25) is 10.2 Å². The highest BCUT2D eigenvalue weighted by atomic mass is 16.5. The highest BCUT2D eigenvalue weighted by Crippen LogP contribution is 2.71. The number of nitrogens with zero attached hydrogens (tertiary/aromatic N) is 2. The van der Waals surface area contributed by atoms with Crippen molar-refractivity contribution < 1.29 is 9.53 Å². The molecule has 5 nitrogen and oxygen atoms in total. The lowest BCUT2D eigenvalue weighted by Gasteiger charge is -2.66. The van der Waals surface area contributed by atoms with Gasteiger partial charge in [0.2, 0.25) is 0 Å². The molecule has 5 aliphatic carbocycles. The van der Waals surface area contributed by atoms with Crippen molar-refractivity contribution in [2.24, 2.45) is 45.8 Å². The van der Waals surface area contributed by atoms with E-state index in [0.717, 1.165) is 31.2 Å². The van der Waals surface area contributed by atoms with E-state index in [2.05, 4.69) is 32.7 Å². The molecule has 5 aliphatic rings. The van der Waals surface area contributed by atoms with Crippen molar-refractivity contribution in [2.45, 2.75) is 105 Å². The third kappa shape index (κ3) is 4.50. The number of pyridine rings is 1. The molecule has 41 heavy (non-hydrogen) atoms. The number of methoxy groups -OCH3 is 1.